The van der Waals surface area contributed by atoms with Crippen molar-refractivity contribution in [2.45, 2.75) is 12.2 Å². The van der Waals surface area contributed by atoms with E-state index in [1.807, 2.05) is 0 Å². The summed E-state index contributed by atoms with van der Waals surface area (Å²) >= 11 is 0. The molecular formula is C10H10FNO4. The monoisotopic (exact) mass is 227 g/mol. The fraction of sp³-hybridized carbons (Fsp3) is 0.400. The predicted octanol–water partition coefficient (Wildman–Crippen LogP) is 1.36. The van der Waals surface area contributed by atoms with Gasteiger partial charge in [0.05, 0.1) is 13.2 Å². The summed E-state index contributed by atoms with van der Waals surface area (Å²) in [5.74, 6) is -0.514. The summed E-state index contributed by atoms with van der Waals surface area (Å²) in [5, 5.41) is 12.1. The van der Waals surface area contributed by atoms with E-state index in [9.17, 15) is 14.4 Å². The van der Waals surface area contributed by atoms with Crippen LogP contribution in [-0.2, 0) is 4.74 Å². The van der Waals surface area contributed by atoms with Gasteiger partial charge in [-0.3, -0.25) is 0 Å². The summed E-state index contributed by atoms with van der Waals surface area (Å²) in [6.07, 6.45) is -1.37. The Morgan fingerprint density at radius 3 is 2.94 bits per heavy atom. The highest BCUT2D eigenvalue weighted by molar-refractivity contribution is 5.51. The molecule has 5 nitrogen and oxygen atoms in total. The number of hydrogen-bond donors (Lipinski definition) is 1. The number of halogens is 1. The molecule has 1 aliphatic rings. The molecule has 6 heteroatoms. The third kappa shape index (κ3) is 2.17. The van der Waals surface area contributed by atoms with E-state index in [2.05, 4.69) is 5.18 Å². The number of ether oxygens (including phenoxy) is 2. The molecule has 1 aromatic rings. The van der Waals surface area contributed by atoms with Gasteiger partial charge in [0.25, 0.3) is 0 Å². The molecule has 0 spiro atoms. The molecule has 2 atom stereocenters. The highest BCUT2D eigenvalue weighted by atomic mass is 19.1. The molecule has 0 aliphatic carbocycles. The van der Waals surface area contributed by atoms with Crippen LogP contribution in [0.2, 0.25) is 0 Å². The Labute approximate surface area is 90.8 Å². The van der Waals surface area contributed by atoms with Crippen LogP contribution in [0.3, 0.4) is 0 Å². The fourth-order valence-corrected chi connectivity index (χ4v) is 1.46. The zero-order valence-electron chi connectivity index (χ0n) is 8.30. The third-order valence-corrected chi connectivity index (χ3v) is 2.30. The zero-order valence-corrected chi connectivity index (χ0v) is 8.30. The van der Waals surface area contributed by atoms with E-state index in [1.54, 1.807) is 0 Å². The van der Waals surface area contributed by atoms with Crippen LogP contribution in [0.25, 0.3) is 0 Å². The first-order chi connectivity index (χ1) is 7.70. The standard InChI is InChI=1S/C10H10FNO4/c11-6-1-2-7(12-14)9(3-6)16-10-5-15-4-8(10)13/h1-3,8,10,13H,4-5H2/t8-,10+/m0/s1. The van der Waals surface area contributed by atoms with E-state index in [4.69, 9.17) is 9.47 Å². The van der Waals surface area contributed by atoms with Crippen molar-refractivity contribution in [2.75, 3.05) is 13.2 Å². The van der Waals surface area contributed by atoms with E-state index in [0.717, 1.165) is 12.1 Å². The van der Waals surface area contributed by atoms with Crippen molar-refractivity contribution in [2.24, 2.45) is 5.18 Å². The highest BCUT2D eigenvalue weighted by Gasteiger charge is 2.28. The highest BCUT2D eigenvalue weighted by Crippen LogP contribution is 2.30. The van der Waals surface area contributed by atoms with Crippen LogP contribution in [0.15, 0.2) is 23.4 Å². The number of benzene rings is 1. The maximum absolute atomic E-state index is 12.9. The third-order valence-electron chi connectivity index (χ3n) is 2.30. The zero-order chi connectivity index (χ0) is 11.5. The lowest BCUT2D eigenvalue weighted by Gasteiger charge is -2.15. The van der Waals surface area contributed by atoms with Crippen molar-refractivity contribution in [3.63, 3.8) is 0 Å². The molecule has 0 aromatic heterocycles. The molecule has 1 aromatic carbocycles. The smallest absolute Gasteiger partial charge is 0.152 e. The molecule has 0 unspecified atom stereocenters. The minimum absolute atomic E-state index is 0.000463. The topological polar surface area (TPSA) is 68.1 Å². The summed E-state index contributed by atoms with van der Waals surface area (Å²) < 4.78 is 23.2. The van der Waals surface area contributed by atoms with E-state index in [1.165, 1.54) is 6.07 Å². The molecule has 1 N–H and O–H groups in total. The summed E-state index contributed by atoms with van der Waals surface area (Å²) in [6.45, 7) is 0.375. The summed E-state index contributed by atoms with van der Waals surface area (Å²) in [4.78, 5) is 10.4. The number of rotatable bonds is 3. The lowest BCUT2D eigenvalue weighted by molar-refractivity contribution is 0.0735. The maximum Gasteiger partial charge on any atom is 0.152 e. The van der Waals surface area contributed by atoms with Crippen molar-refractivity contribution in [3.05, 3.63) is 28.9 Å². The van der Waals surface area contributed by atoms with Gasteiger partial charge in [-0.05, 0) is 17.3 Å². The Kier molecular flexibility index (Phi) is 3.12. The van der Waals surface area contributed by atoms with Gasteiger partial charge in [0.2, 0.25) is 0 Å². The van der Waals surface area contributed by atoms with Crippen LogP contribution < -0.4 is 4.74 Å². The number of aliphatic hydroxyl groups is 1. The van der Waals surface area contributed by atoms with Gasteiger partial charge < -0.3 is 14.6 Å². The molecule has 1 heterocycles. The Morgan fingerprint density at radius 1 is 1.50 bits per heavy atom. The minimum Gasteiger partial charge on any atom is -0.483 e. The summed E-state index contributed by atoms with van der Waals surface area (Å²) in [5.41, 5.74) is 0.000463. The van der Waals surface area contributed by atoms with Crippen LogP contribution >= 0.6 is 0 Å². The molecule has 0 amide bonds. The molecule has 1 aliphatic heterocycles. The SMILES string of the molecule is O=Nc1ccc(F)cc1O[C@@H]1COC[C@@H]1O. The van der Waals surface area contributed by atoms with E-state index in [-0.39, 0.29) is 24.7 Å². The van der Waals surface area contributed by atoms with Crippen LogP contribution in [0.4, 0.5) is 10.1 Å². The minimum atomic E-state index is -0.775. The maximum atomic E-state index is 12.9. The molecule has 0 bridgehead atoms. The second-order valence-electron chi connectivity index (χ2n) is 3.46. The second kappa shape index (κ2) is 4.54. The summed E-state index contributed by atoms with van der Waals surface area (Å²) in [7, 11) is 0. The molecule has 1 fully saturated rings. The molecular weight excluding hydrogens is 217 g/mol. The molecule has 0 saturated carbocycles. The molecule has 1 saturated heterocycles. The van der Waals surface area contributed by atoms with E-state index in [0.29, 0.717) is 0 Å². The Hall–Kier alpha value is -1.53. The van der Waals surface area contributed by atoms with Gasteiger partial charge >= 0.3 is 0 Å². The second-order valence-corrected chi connectivity index (χ2v) is 3.46. The predicted molar refractivity (Wildman–Crippen MR) is 53.1 cm³/mol. The number of nitroso groups, excluding NO2 is 1. The van der Waals surface area contributed by atoms with Gasteiger partial charge in [-0.15, -0.1) is 4.91 Å². The van der Waals surface area contributed by atoms with Gasteiger partial charge in [-0.25, -0.2) is 4.39 Å². The van der Waals surface area contributed by atoms with Gasteiger partial charge in [-0.1, -0.05) is 0 Å². The molecule has 2 rings (SSSR count). The van der Waals surface area contributed by atoms with Gasteiger partial charge in [0.1, 0.15) is 17.6 Å². The van der Waals surface area contributed by atoms with Crippen LogP contribution in [0.5, 0.6) is 5.75 Å². The normalized spacial score (nSPS) is 24.4. The van der Waals surface area contributed by atoms with Gasteiger partial charge in [0, 0.05) is 6.07 Å². The molecule has 16 heavy (non-hydrogen) atoms. The molecule has 0 radical (unpaired) electrons. The lowest BCUT2D eigenvalue weighted by Crippen LogP contribution is -2.29. The Morgan fingerprint density at radius 2 is 2.31 bits per heavy atom. The Bertz CT molecular complexity index is 398. The summed E-state index contributed by atoms with van der Waals surface area (Å²) in [6, 6.07) is 3.40. The van der Waals surface area contributed by atoms with Crippen molar-refractivity contribution >= 4 is 5.69 Å². The molecule has 86 valence electrons. The largest absolute Gasteiger partial charge is 0.483 e. The van der Waals surface area contributed by atoms with Crippen molar-refractivity contribution < 1.29 is 19.0 Å². The van der Waals surface area contributed by atoms with Crippen LogP contribution in [-0.4, -0.2) is 30.5 Å². The number of aliphatic hydroxyl groups excluding tert-OH is 1. The van der Waals surface area contributed by atoms with Gasteiger partial charge in [-0.2, -0.15) is 0 Å². The number of hydrogen-bond acceptors (Lipinski definition) is 5. The van der Waals surface area contributed by atoms with Crippen LogP contribution in [0, 0.1) is 10.7 Å². The van der Waals surface area contributed by atoms with Gasteiger partial charge in [0.15, 0.2) is 11.9 Å². The van der Waals surface area contributed by atoms with Crippen LogP contribution in [0.1, 0.15) is 0 Å². The van der Waals surface area contributed by atoms with E-state index >= 15 is 0 Å². The van der Waals surface area contributed by atoms with Crippen molar-refractivity contribution in [1.29, 1.82) is 0 Å². The lowest BCUT2D eigenvalue weighted by atomic mass is 10.2. The average Bonchev–Trinajstić information content (AvgIpc) is 2.65. The van der Waals surface area contributed by atoms with Crippen molar-refractivity contribution in [3.8, 4) is 5.75 Å². The first-order valence-electron chi connectivity index (χ1n) is 4.76. The first-order valence-corrected chi connectivity index (χ1v) is 4.76. The van der Waals surface area contributed by atoms with Crippen molar-refractivity contribution in [1.82, 2.24) is 0 Å². The number of nitrogens with zero attached hydrogens (tertiary/aromatic N) is 1. The average molecular weight is 227 g/mol. The van der Waals surface area contributed by atoms with E-state index < -0.39 is 18.0 Å². The fourth-order valence-electron chi connectivity index (χ4n) is 1.46. The first kappa shape index (κ1) is 11.0. The quantitative estimate of drug-likeness (QED) is 0.791. The Balaban J connectivity index is 2.19.